The highest BCUT2D eigenvalue weighted by Gasteiger charge is 2.35. The fourth-order valence-corrected chi connectivity index (χ4v) is 5.21. The van der Waals surface area contributed by atoms with E-state index in [0.717, 1.165) is 28.4 Å². The van der Waals surface area contributed by atoms with Crippen molar-refractivity contribution >= 4 is 27.7 Å². The van der Waals surface area contributed by atoms with E-state index in [1.807, 2.05) is 12.1 Å². The van der Waals surface area contributed by atoms with Gasteiger partial charge in [0.05, 0.1) is 13.1 Å². The van der Waals surface area contributed by atoms with Crippen LogP contribution in [0.1, 0.15) is 36.1 Å². The predicted octanol–water partition coefficient (Wildman–Crippen LogP) is 1.75. The molecule has 1 atom stereocenters. The number of nitrogens with one attached hydrogen (secondary N) is 1. The third-order valence-corrected chi connectivity index (χ3v) is 7.14. The molecule has 0 radical (unpaired) electrons. The summed E-state index contributed by atoms with van der Waals surface area (Å²) in [5.41, 5.74) is 8.12. The molecule has 28 heavy (non-hydrogen) atoms. The molecule has 0 saturated heterocycles. The topological polar surface area (TPSA) is 108 Å². The minimum atomic E-state index is -3.75. The number of nitrogens with two attached hydrogens (primary N) is 1. The predicted molar refractivity (Wildman–Crippen MR) is 111 cm³/mol. The van der Waals surface area contributed by atoms with E-state index in [0.29, 0.717) is 31.6 Å². The molecule has 0 aliphatic carbocycles. The number of carbonyl (C=O) groups excluding carboxylic acids is 1. The molecule has 152 valence electrons. The number of aliphatic imine (C=N–C) groups is 1. The molecule has 8 nitrogen and oxygen atoms in total. The van der Waals surface area contributed by atoms with Crippen LogP contribution in [0, 0.1) is 0 Å². The van der Waals surface area contributed by atoms with E-state index in [4.69, 9.17) is 5.73 Å². The first-order chi connectivity index (χ1) is 13.4. The van der Waals surface area contributed by atoms with Crippen LogP contribution in [0.3, 0.4) is 0 Å². The van der Waals surface area contributed by atoms with E-state index in [-0.39, 0.29) is 18.5 Å². The molecule has 0 fully saturated rings. The number of benzene rings is 1. The maximum atomic E-state index is 13.0. The SMILES string of the molecule is C=CC(c1ccc2c(c1)CCN2C(=O)NCCCC)S(=O)(=O)N1CCN=C1N. The Balaban J connectivity index is 1.82. The van der Waals surface area contributed by atoms with E-state index >= 15 is 0 Å². The largest absolute Gasteiger partial charge is 0.369 e. The first kappa shape index (κ1) is 20.2. The Morgan fingerprint density at radius 2 is 2.21 bits per heavy atom. The van der Waals surface area contributed by atoms with Crippen molar-refractivity contribution in [3.8, 4) is 0 Å². The van der Waals surface area contributed by atoms with E-state index in [1.54, 1.807) is 11.0 Å². The van der Waals surface area contributed by atoms with Gasteiger partial charge in [-0.15, -0.1) is 6.58 Å². The Bertz CT molecular complexity index is 897. The lowest BCUT2D eigenvalue weighted by Crippen LogP contribution is -2.41. The molecule has 3 N–H and O–H groups in total. The van der Waals surface area contributed by atoms with Gasteiger partial charge in [-0.1, -0.05) is 31.6 Å². The van der Waals surface area contributed by atoms with E-state index < -0.39 is 15.3 Å². The van der Waals surface area contributed by atoms with Crippen LogP contribution in [-0.2, 0) is 16.4 Å². The lowest BCUT2D eigenvalue weighted by molar-refractivity contribution is 0.246. The van der Waals surface area contributed by atoms with Gasteiger partial charge in [0, 0.05) is 18.8 Å². The molecular weight excluding hydrogens is 378 g/mol. The van der Waals surface area contributed by atoms with Crippen molar-refractivity contribution in [2.24, 2.45) is 10.7 Å². The molecule has 9 heteroatoms. The summed E-state index contributed by atoms with van der Waals surface area (Å²) < 4.78 is 27.2. The highest BCUT2D eigenvalue weighted by atomic mass is 32.2. The molecule has 0 aromatic heterocycles. The Hall–Kier alpha value is -2.55. The second-order valence-electron chi connectivity index (χ2n) is 6.89. The smallest absolute Gasteiger partial charge is 0.321 e. The zero-order chi connectivity index (χ0) is 20.3. The van der Waals surface area contributed by atoms with Crippen molar-refractivity contribution in [2.75, 3.05) is 31.1 Å². The standard InChI is InChI=1S/C19H27N5O3S/c1-3-5-9-22-19(25)23-11-8-14-13-15(6-7-16(14)23)17(4-2)28(26,27)24-12-10-21-18(24)20/h4,6-7,13,17H,2-3,5,8-12H2,1H3,(H2,20,21)(H,22,25). The van der Waals surface area contributed by atoms with Gasteiger partial charge in [0.1, 0.15) is 5.25 Å². The summed E-state index contributed by atoms with van der Waals surface area (Å²) in [5.74, 6) is 0.0166. The Morgan fingerprint density at radius 1 is 1.43 bits per heavy atom. The Labute approximate surface area is 166 Å². The minimum absolute atomic E-state index is 0.0166. The number of fused-ring (bicyclic) bond motifs is 1. The molecule has 2 heterocycles. The Kier molecular flexibility index (Phi) is 5.93. The van der Waals surface area contributed by atoms with E-state index in [9.17, 15) is 13.2 Å². The van der Waals surface area contributed by atoms with Crippen molar-refractivity contribution in [1.82, 2.24) is 9.62 Å². The summed E-state index contributed by atoms with van der Waals surface area (Å²) in [5, 5.41) is 2.00. The fraction of sp³-hybridized carbons (Fsp3) is 0.474. The molecule has 0 spiro atoms. The van der Waals surface area contributed by atoms with Crippen LogP contribution >= 0.6 is 0 Å². The van der Waals surface area contributed by atoms with Crippen LogP contribution < -0.4 is 16.0 Å². The van der Waals surface area contributed by atoms with E-state index in [2.05, 4.69) is 23.8 Å². The highest BCUT2D eigenvalue weighted by molar-refractivity contribution is 7.90. The average molecular weight is 406 g/mol. The second-order valence-corrected chi connectivity index (χ2v) is 8.87. The summed E-state index contributed by atoms with van der Waals surface area (Å²) in [6.45, 7) is 7.62. The van der Waals surface area contributed by atoms with Gasteiger partial charge < -0.3 is 11.1 Å². The number of nitrogens with zero attached hydrogens (tertiary/aromatic N) is 3. The van der Waals surface area contributed by atoms with Crippen LogP contribution in [0.5, 0.6) is 0 Å². The van der Waals surface area contributed by atoms with Gasteiger partial charge in [-0.25, -0.2) is 17.5 Å². The number of hydrogen-bond donors (Lipinski definition) is 2. The number of sulfonamides is 1. The quantitative estimate of drug-likeness (QED) is 0.532. The average Bonchev–Trinajstić information content (AvgIpc) is 3.28. The van der Waals surface area contributed by atoms with Crippen molar-refractivity contribution in [2.45, 2.75) is 31.4 Å². The zero-order valence-electron chi connectivity index (χ0n) is 16.1. The normalized spacial score (nSPS) is 17.2. The fourth-order valence-electron chi connectivity index (χ4n) is 3.55. The molecule has 1 aromatic carbocycles. The molecule has 0 saturated carbocycles. The van der Waals surface area contributed by atoms with Gasteiger partial charge in [-0.3, -0.25) is 9.89 Å². The molecule has 2 amide bonds. The zero-order valence-corrected chi connectivity index (χ0v) is 16.9. The summed E-state index contributed by atoms with van der Waals surface area (Å²) in [4.78, 5) is 18.1. The number of rotatable bonds is 7. The molecule has 2 aliphatic heterocycles. The second kappa shape index (κ2) is 8.22. The van der Waals surface area contributed by atoms with Crippen LogP contribution in [-0.4, -0.2) is 50.9 Å². The number of carbonyl (C=O) groups is 1. The number of amides is 2. The molecule has 3 rings (SSSR count). The first-order valence-electron chi connectivity index (χ1n) is 9.52. The number of anilines is 1. The van der Waals surface area contributed by atoms with Crippen LogP contribution in [0.2, 0.25) is 0 Å². The highest BCUT2D eigenvalue weighted by Crippen LogP contribution is 2.34. The van der Waals surface area contributed by atoms with Gasteiger partial charge >= 0.3 is 6.03 Å². The van der Waals surface area contributed by atoms with Crippen LogP contribution in [0.4, 0.5) is 10.5 Å². The first-order valence-corrected chi connectivity index (χ1v) is 11.0. The number of guanidine groups is 1. The number of hydrogen-bond acceptors (Lipinski definition) is 5. The minimum Gasteiger partial charge on any atom is -0.369 e. The number of unbranched alkanes of at least 4 members (excludes halogenated alkanes) is 1. The number of urea groups is 1. The van der Waals surface area contributed by atoms with Crippen molar-refractivity contribution in [3.05, 3.63) is 42.0 Å². The van der Waals surface area contributed by atoms with Gasteiger partial charge in [-0.2, -0.15) is 0 Å². The lowest BCUT2D eigenvalue weighted by atomic mass is 10.1. The van der Waals surface area contributed by atoms with Gasteiger partial charge in [-0.05, 0) is 30.0 Å². The molecule has 0 bridgehead atoms. The third kappa shape index (κ3) is 3.71. The summed E-state index contributed by atoms with van der Waals surface area (Å²) in [6, 6.07) is 5.28. The van der Waals surface area contributed by atoms with Crippen molar-refractivity contribution in [1.29, 1.82) is 0 Å². The van der Waals surface area contributed by atoms with Crippen molar-refractivity contribution < 1.29 is 13.2 Å². The van der Waals surface area contributed by atoms with Gasteiger partial charge in [0.2, 0.25) is 16.0 Å². The van der Waals surface area contributed by atoms with Crippen LogP contribution in [0.25, 0.3) is 0 Å². The van der Waals surface area contributed by atoms with Gasteiger partial charge in [0.15, 0.2) is 0 Å². The molecule has 1 aromatic rings. The maximum Gasteiger partial charge on any atom is 0.321 e. The van der Waals surface area contributed by atoms with Gasteiger partial charge in [0.25, 0.3) is 0 Å². The Morgan fingerprint density at radius 3 is 2.86 bits per heavy atom. The summed E-state index contributed by atoms with van der Waals surface area (Å²) in [7, 11) is -3.75. The van der Waals surface area contributed by atoms with E-state index in [1.165, 1.54) is 6.08 Å². The third-order valence-electron chi connectivity index (χ3n) is 5.05. The molecule has 2 aliphatic rings. The summed E-state index contributed by atoms with van der Waals surface area (Å²) in [6.07, 6.45) is 4.05. The maximum absolute atomic E-state index is 13.0. The monoisotopic (exact) mass is 405 g/mol. The van der Waals surface area contributed by atoms with Crippen molar-refractivity contribution in [3.63, 3.8) is 0 Å². The molecule has 1 unspecified atom stereocenters. The van der Waals surface area contributed by atoms with Crippen LogP contribution in [0.15, 0.2) is 35.8 Å². The summed E-state index contributed by atoms with van der Waals surface area (Å²) >= 11 is 0. The lowest BCUT2D eigenvalue weighted by Gasteiger charge is -2.24. The molecular formula is C19H27N5O3S.